The van der Waals surface area contributed by atoms with Crippen molar-refractivity contribution in [3.63, 3.8) is 0 Å². The SMILES string of the molecule is CC(C)COc1cc(F)cc(-c2ccc(C(=O)NS(=O)(=O)c3ccn[nH]3)c(CCC3CC(F)(F)C3)n2)c1.[HH]. The van der Waals surface area contributed by atoms with E-state index in [1.165, 1.54) is 36.5 Å². The number of halogens is 3. The number of alkyl halides is 2. The van der Waals surface area contributed by atoms with Crippen LogP contribution in [0.2, 0.25) is 0 Å². The maximum atomic E-state index is 14.3. The van der Waals surface area contributed by atoms with Crippen molar-refractivity contribution in [1.29, 1.82) is 0 Å². The first-order valence-electron chi connectivity index (χ1n) is 11.8. The molecule has 0 spiro atoms. The molecule has 2 N–H and O–H groups in total. The quantitative estimate of drug-likeness (QED) is 0.376. The Morgan fingerprint density at radius 3 is 2.65 bits per heavy atom. The highest BCUT2D eigenvalue weighted by Crippen LogP contribution is 2.44. The van der Waals surface area contributed by atoms with Crippen molar-refractivity contribution in [1.82, 2.24) is 19.9 Å². The molecule has 0 aliphatic heterocycles. The van der Waals surface area contributed by atoms with E-state index in [0.29, 0.717) is 30.0 Å². The van der Waals surface area contributed by atoms with E-state index in [0.717, 1.165) is 0 Å². The molecule has 2 aromatic heterocycles. The molecule has 0 atom stereocenters. The third kappa shape index (κ3) is 6.68. The van der Waals surface area contributed by atoms with E-state index >= 15 is 0 Å². The molecule has 1 saturated carbocycles. The van der Waals surface area contributed by atoms with E-state index in [4.69, 9.17) is 4.74 Å². The summed E-state index contributed by atoms with van der Waals surface area (Å²) in [6, 6.07) is 8.20. The molecule has 1 fully saturated rings. The van der Waals surface area contributed by atoms with Gasteiger partial charge >= 0.3 is 0 Å². The van der Waals surface area contributed by atoms with Crippen molar-refractivity contribution in [2.24, 2.45) is 11.8 Å². The van der Waals surface area contributed by atoms with E-state index < -0.39 is 27.7 Å². The standard InChI is InChI=1S/C25H27F3N4O4S.H2/c1-15(2)14-36-19-10-17(9-18(26)11-19)21-6-4-20(22(30-21)5-3-16-12-25(27,28)13-16)24(33)32-37(34,35)23-7-8-29-31-23;/h4,6-11,15-16H,3,5,12-14H2,1-2H3,(H,29,31)(H,32,33);1H. The highest BCUT2D eigenvalue weighted by atomic mass is 32.2. The maximum Gasteiger partial charge on any atom is 0.281 e. The lowest BCUT2D eigenvalue weighted by atomic mass is 9.78. The smallest absolute Gasteiger partial charge is 0.281 e. The number of aromatic amines is 1. The van der Waals surface area contributed by atoms with E-state index in [2.05, 4.69) is 15.2 Å². The average Bonchev–Trinajstić information content (AvgIpc) is 3.35. The van der Waals surface area contributed by atoms with E-state index in [-0.39, 0.29) is 48.8 Å². The minimum Gasteiger partial charge on any atom is -0.493 e. The second-order valence-electron chi connectivity index (χ2n) is 9.60. The molecule has 0 radical (unpaired) electrons. The van der Waals surface area contributed by atoms with Gasteiger partial charge < -0.3 is 4.74 Å². The number of carbonyl (C=O) groups excluding carboxylic acids is 1. The molecule has 1 amide bonds. The first-order chi connectivity index (χ1) is 17.4. The zero-order chi connectivity index (χ0) is 26.8. The lowest BCUT2D eigenvalue weighted by Crippen LogP contribution is -2.35. The number of carbonyl (C=O) groups is 1. The molecule has 0 bridgehead atoms. The van der Waals surface area contributed by atoms with E-state index in [1.807, 2.05) is 18.6 Å². The molecular formula is C25H29F3N4O4S. The second kappa shape index (κ2) is 10.5. The lowest BCUT2D eigenvalue weighted by molar-refractivity contribution is -0.111. The largest absolute Gasteiger partial charge is 0.493 e. The van der Waals surface area contributed by atoms with Crippen LogP contribution in [0.5, 0.6) is 5.75 Å². The van der Waals surface area contributed by atoms with Crippen molar-refractivity contribution in [3.8, 4) is 17.0 Å². The third-order valence-corrected chi connectivity index (χ3v) is 7.19. The van der Waals surface area contributed by atoms with Crippen LogP contribution in [0, 0.1) is 17.7 Å². The first kappa shape index (κ1) is 26.6. The second-order valence-corrected chi connectivity index (χ2v) is 11.2. The summed E-state index contributed by atoms with van der Waals surface area (Å²) in [5.41, 5.74) is 0.924. The fourth-order valence-electron chi connectivity index (χ4n) is 4.07. The summed E-state index contributed by atoms with van der Waals surface area (Å²) >= 11 is 0. The Morgan fingerprint density at radius 1 is 1.24 bits per heavy atom. The van der Waals surface area contributed by atoms with Gasteiger partial charge in [0.25, 0.3) is 15.9 Å². The number of rotatable bonds is 10. The van der Waals surface area contributed by atoms with Gasteiger partial charge in [-0.05, 0) is 55.0 Å². The van der Waals surface area contributed by atoms with Crippen molar-refractivity contribution in [2.75, 3.05) is 6.61 Å². The summed E-state index contributed by atoms with van der Waals surface area (Å²) in [6.07, 6.45) is 1.23. The summed E-state index contributed by atoms with van der Waals surface area (Å²) in [4.78, 5) is 17.5. The van der Waals surface area contributed by atoms with Crippen molar-refractivity contribution in [3.05, 3.63) is 59.7 Å². The normalized spacial score (nSPS) is 15.4. The molecule has 1 aliphatic carbocycles. The lowest BCUT2D eigenvalue weighted by Gasteiger charge is -2.34. The number of ether oxygens (including phenoxy) is 1. The molecule has 2 heterocycles. The van der Waals surface area contributed by atoms with Crippen LogP contribution in [0.1, 0.15) is 50.6 Å². The summed E-state index contributed by atoms with van der Waals surface area (Å²) in [7, 11) is -4.22. The number of pyridine rings is 1. The van der Waals surface area contributed by atoms with Crippen LogP contribution >= 0.6 is 0 Å². The minimum atomic E-state index is -4.22. The van der Waals surface area contributed by atoms with Crippen molar-refractivity contribution in [2.45, 2.75) is 50.5 Å². The average molecular weight is 539 g/mol. The van der Waals surface area contributed by atoms with Crippen LogP contribution in [0.4, 0.5) is 13.2 Å². The molecule has 4 rings (SSSR count). The Balaban J connectivity index is 0.00000400. The van der Waals surface area contributed by atoms with E-state index in [9.17, 15) is 26.4 Å². The number of aryl methyl sites for hydroxylation is 1. The summed E-state index contributed by atoms with van der Waals surface area (Å²) in [5.74, 6) is -3.85. The number of hydrogen-bond acceptors (Lipinski definition) is 6. The molecule has 200 valence electrons. The van der Waals surface area contributed by atoms with Crippen LogP contribution in [0.3, 0.4) is 0 Å². The zero-order valence-corrected chi connectivity index (χ0v) is 21.1. The van der Waals surface area contributed by atoms with Crippen LogP contribution in [0.25, 0.3) is 11.3 Å². The fraction of sp³-hybridized carbons (Fsp3) is 0.400. The maximum absolute atomic E-state index is 14.3. The summed E-state index contributed by atoms with van der Waals surface area (Å²) < 4.78 is 73.5. The summed E-state index contributed by atoms with van der Waals surface area (Å²) in [6.45, 7) is 4.31. The Kier molecular flexibility index (Phi) is 7.58. The molecule has 37 heavy (non-hydrogen) atoms. The number of hydrogen-bond donors (Lipinski definition) is 2. The number of sulfonamides is 1. The highest BCUT2D eigenvalue weighted by Gasteiger charge is 2.44. The third-order valence-electron chi connectivity index (χ3n) is 5.92. The van der Waals surface area contributed by atoms with Crippen molar-refractivity contribution < 1.29 is 32.5 Å². The molecular weight excluding hydrogens is 509 g/mol. The van der Waals surface area contributed by atoms with Gasteiger partial charge in [-0.25, -0.2) is 17.9 Å². The van der Waals surface area contributed by atoms with Gasteiger partial charge in [0.1, 0.15) is 11.6 Å². The van der Waals surface area contributed by atoms with Gasteiger partial charge in [0.15, 0.2) is 5.03 Å². The van der Waals surface area contributed by atoms with Gasteiger partial charge in [0, 0.05) is 25.9 Å². The molecule has 1 aliphatic rings. The first-order valence-corrected chi connectivity index (χ1v) is 13.3. The number of amides is 1. The predicted octanol–water partition coefficient (Wildman–Crippen LogP) is 4.99. The Hall–Kier alpha value is -3.41. The van der Waals surface area contributed by atoms with Gasteiger partial charge in [-0.1, -0.05) is 13.8 Å². The Bertz CT molecular complexity index is 1380. The number of benzene rings is 1. The molecule has 0 saturated heterocycles. The van der Waals surface area contributed by atoms with Gasteiger partial charge in [0.05, 0.1) is 29.8 Å². The topological polar surface area (TPSA) is 114 Å². The molecule has 3 aromatic rings. The summed E-state index contributed by atoms with van der Waals surface area (Å²) in [5, 5.41) is 5.56. The predicted molar refractivity (Wildman–Crippen MR) is 131 cm³/mol. The number of aromatic nitrogens is 3. The van der Waals surface area contributed by atoms with Crippen molar-refractivity contribution >= 4 is 15.9 Å². The molecule has 0 unspecified atom stereocenters. The molecule has 1 aromatic carbocycles. The monoisotopic (exact) mass is 538 g/mol. The number of nitrogens with zero attached hydrogens (tertiary/aromatic N) is 2. The van der Waals surface area contributed by atoms with Gasteiger partial charge in [0.2, 0.25) is 5.92 Å². The minimum absolute atomic E-state index is 0. The van der Waals surface area contributed by atoms with Gasteiger partial charge in [-0.15, -0.1) is 0 Å². The molecule has 8 nitrogen and oxygen atoms in total. The van der Waals surface area contributed by atoms with Crippen LogP contribution < -0.4 is 9.46 Å². The zero-order valence-electron chi connectivity index (χ0n) is 20.3. The fourth-order valence-corrected chi connectivity index (χ4v) is 4.95. The highest BCUT2D eigenvalue weighted by molar-refractivity contribution is 7.90. The van der Waals surface area contributed by atoms with Crippen LogP contribution in [-0.4, -0.2) is 42.0 Å². The van der Waals surface area contributed by atoms with E-state index in [1.54, 1.807) is 6.07 Å². The van der Waals surface area contributed by atoms with Crippen LogP contribution in [-0.2, 0) is 16.4 Å². The van der Waals surface area contributed by atoms with Gasteiger partial charge in [-0.3, -0.25) is 14.9 Å². The van der Waals surface area contributed by atoms with Gasteiger partial charge in [-0.2, -0.15) is 13.5 Å². The Morgan fingerprint density at radius 2 is 2.00 bits per heavy atom. The number of H-pyrrole nitrogens is 1. The molecule has 12 heteroatoms. The van der Waals surface area contributed by atoms with Crippen LogP contribution in [0.15, 0.2) is 47.6 Å². The number of nitrogens with one attached hydrogen (secondary N) is 2. The Labute approximate surface area is 214 Å².